The molecule has 0 unspecified atom stereocenters. The Labute approximate surface area is 152 Å². The Morgan fingerprint density at radius 1 is 1.27 bits per heavy atom. The number of rotatable bonds is 5. The average molecular weight is 357 g/mol. The van der Waals surface area contributed by atoms with Crippen LogP contribution in [0.15, 0.2) is 24.3 Å². The molecule has 2 aromatic rings. The van der Waals surface area contributed by atoms with E-state index in [1.807, 2.05) is 38.1 Å². The van der Waals surface area contributed by atoms with Crippen LogP contribution in [-0.2, 0) is 16.0 Å². The molecule has 0 radical (unpaired) electrons. The lowest BCUT2D eigenvalue weighted by atomic mass is 9.90. The zero-order valence-electron chi connectivity index (χ0n) is 15.2. The van der Waals surface area contributed by atoms with Crippen LogP contribution in [0.3, 0.4) is 0 Å². The standard InChI is InChI=1S/C20H23NO5/c1-12(22)25-19-15-8-10-20(2,3)26-18(15)14-7-5-4-6-13(14)17(19)21-11-9-16(23)24/h4-7,21H,8-11H2,1-3H3,(H,23,24). The maximum absolute atomic E-state index is 11.7. The number of anilines is 1. The van der Waals surface area contributed by atoms with Crippen molar-refractivity contribution >= 4 is 28.4 Å². The van der Waals surface area contributed by atoms with Crippen LogP contribution in [0.2, 0.25) is 0 Å². The van der Waals surface area contributed by atoms with Gasteiger partial charge in [0.25, 0.3) is 0 Å². The van der Waals surface area contributed by atoms with Crippen LogP contribution in [0.4, 0.5) is 5.69 Å². The van der Waals surface area contributed by atoms with Gasteiger partial charge in [0.2, 0.25) is 0 Å². The Hall–Kier alpha value is -2.76. The Bertz CT molecular complexity index is 872. The van der Waals surface area contributed by atoms with Gasteiger partial charge in [-0.05, 0) is 26.7 Å². The highest BCUT2D eigenvalue weighted by Crippen LogP contribution is 2.48. The summed E-state index contributed by atoms with van der Waals surface area (Å²) < 4.78 is 11.8. The average Bonchev–Trinajstić information content (AvgIpc) is 2.56. The first kappa shape index (κ1) is 18.0. The second kappa shape index (κ2) is 6.86. The van der Waals surface area contributed by atoms with Crippen LogP contribution in [0.1, 0.15) is 39.2 Å². The highest BCUT2D eigenvalue weighted by atomic mass is 16.5. The number of ether oxygens (including phenoxy) is 2. The van der Waals surface area contributed by atoms with Gasteiger partial charge in [-0.15, -0.1) is 0 Å². The molecule has 6 heteroatoms. The number of fused-ring (bicyclic) bond motifs is 3. The molecule has 1 aliphatic heterocycles. The molecule has 0 spiro atoms. The van der Waals surface area contributed by atoms with Gasteiger partial charge in [0.05, 0.1) is 12.1 Å². The minimum Gasteiger partial charge on any atom is -0.487 e. The van der Waals surface area contributed by atoms with Gasteiger partial charge in [-0.2, -0.15) is 0 Å². The third-order valence-corrected chi connectivity index (χ3v) is 4.46. The number of nitrogens with one attached hydrogen (secondary N) is 1. The van der Waals surface area contributed by atoms with Gasteiger partial charge in [0.1, 0.15) is 11.4 Å². The van der Waals surface area contributed by atoms with E-state index < -0.39 is 11.9 Å². The summed E-state index contributed by atoms with van der Waals surface area (Å²) in [5.74, 6) is -0.142. The summed E-state index contributed by atoms with van der Waals surface area (Å²) in [7, 11) is 0. The van der Waals surface area contributed by atoms with Crippen molar-refractivity contribution in [2.45, 2.75) is 45.6 Å². The molecule has 0 amide bonds. The summed E-state index contributed by atoms with van der Waals surface area (Å²) in [6.07, 6.45) is 1.47. The maximum Gasteiger partial charge on any atom is 0.308 e. The molecule has 0 aromatic heterocycles. The van der Waals surface area contributed by atoms with Crippen LogP contribution in [0.25, 0.3) is 10.8 Å². The minimum absolute atomic E-state index is 0.0333. The summed E-state index contributed by atoms with van der Waals surface area (Å²) in [5.41, 5.74) is 1.18. The van der Waals surface area contributed by atoms with Crippen molar-refractivity contribution in [3.8, 4) is 11.5 Å². The molecular weight excluding hydrogens is 334 g/mol. The Morgan fingerprint density at radius 3 is 2.62 bits per heavy atom. The molecule has 6 nitrogen and oxygen atoms in total. The molecule has 1 heterocycles. The van der Waals surface area contributed by atoms with Crippen LogP contribution in [0.5, 0.6) is 11.5 Å². The largest absolute Gasteiger partial charge is 0.487 e. The number of esters is 1. The number of carbonyl (C=O) groups is 2. The summed E-state index contributed by atoms with van der Waals surface area (Å²) in [6.45, 7) is 5.67. The summed E-state index contributed by atoms with van der Waals surface area (Å²) in [6, 6.07) is 7.70. The quantitative estimate of drug-likeness (QED) is 0.626. The molecular formula is C20H23NO5. The summed E-state index contributed by atoms with van der Waals surface area (Å²) in [4.78, 5) is 22.6. The van der Waals surface area contributed by atoms with Gasteiger partial charge in [-0.3, -0.25) is 9.59 Å². The highest BCUT2D eigenvalue weighted by molar-refractivity contribution is 6.03. The van der Waals surface area contributed by atoms with Crippen molar-refractivity contribution in [1.82, 2.24) is 0 Å². The molecule has 3 rings (SSSR count). The Morgan fingerprint density at radius 2 is 1.96 bits per heavy atom. The van der Waals surface area contributed by atoms with E-state index in [0.717, 1.165) is 28.5 Å². The number of carboxylic acid groups (broad SMARTS) is 1. The molecule has 0 saturated carbocycles. The summed E-state index contributed by atoms with van der Waals surface area (Å²) in [5, 5.41) is 13.8. The van der Waals surface area contributed by atoms with E-state index >= 15 is 0 Å². The lowest BCUT2D eigenvalue weighted by Gasteiger charge is -2.35. The first-order valence-corrected chi connectivity index (χ1v) is 8.69. The van der Waals surface area contributed by atoms with Crippen LogP contribution in [0, 0.1) is 0 Å². The number of carboxylic acids is 1. The van der Waals surface area contributed by atoms with Gasteiger partial charge >= 0.3 is 11.9 Å². The van der Waals surface area contributed by atoms with Gasteiger partial charge in [-0.25, -0.2) is 0 Å². The predicted molar refractivity (Wildman–Crippen MR) is 99.0 cm³/mol. The van der Waals surface area contributed by atoms with E-state index in [2.05, 4.69) is 5.32 Å². The van der Waals surface area contributed by atoms with Crippen LogP contribution >= 0.6 is 0 Å². The molecule has 138 valence electrons. The molecule has 0 aliphatic carbocycles. The normalized spacial score (nSPS) is 15.0. The van der Waals surface area contributed by atoms with E-state index in [1.165, 1.54) is 6.92 Å². The van der Waals surface area contributed by atoms with Gasteiger partial charge in [0, 0.05) is 29.8 Å². The second-order valence-electron chi connectivity index (χ2n) is 7.08. The Balaban J connectivity index is 2.20. The molecule has 0 fully saturated rings. The van der Waals surface area contributed by atoms with E-state index in [9.17, 15) is 9.59 Å². The first-order chi connectivity index (χ1) is 12.3. The fraction of sp³-hybridized carbons (Fsp3) is 0.400. The molecule has 0 bridgehead atoms. The molecule has 26 heavy (non-hydrogen) atoms. The number of hydrogen-bond donors (Lipinski definition) is 2. The molecule has 0 saturated heterocycles. The number of carbonyl (C=O) groups excluding carboxylic acids is 1. The van der Waals surface area contributed by atoms with E-state index in [1.54, 1.807) is 0 Å². The van der Waals surface area contributed by atoms with E-state index in [0.29, 0.717) is 17.9 Å². The topological polar surface area (TPSA) is 84.9 Å². The monoisotopic (exact) mass is 357 g/mol. The van der Waals surface area contributed by atoms with Crippen molar-refractivity contribution < 1.29 is 24.2 Å². The van der Waals surface area contributed by atoms with Crippen LogP contribution in [-0.4, -0.2) is 29.2 Å². The molecule has 2 aromatic carbocycles. The molecule has 1 aliphatic rings. The zero-order chi connectivity index (χ0) is 18.9. The first-order valence-electron chi connectivity index (χ1n) is 8.69. The highest BCUT2D eigenvalue weighted by Gasteiger charge is 2.32. The van der Waals surface area contributed by atoms with Crippen molar-refractivity contribution in [3.05, 3.63) is 29.8 Å². The minimum atomic E-state index is -0.890. The van der Waals surface area contributed by atoms with Gasteiger partial charge in [0.15, 0.2) is 5.75 Å². The lowest BCUT2D eigenvalue weighted by molar-refractivity contribution is -0.136. The van der Waals surface area contributed by atoms with E-state index in [-0.39, 0.29) is 18.6 Å². The van der Waals surface area contributed by atoms with Crippen LogP contribution < -0.4 is 14.8 Å². The fourth-order valence-corrected chi connectivity index (χ4v) is 3.26. The lowest BCUT2D eigenvalue weighted by Crippen LogP contribution is -2.33. The third kappa shape index (κ3) is 3.59. The van der Waals surface area contributed by atoms with Crippen molar-refractivity contribution in [2.24, 2.45) is 0 Å². The van der Waals surface area contributed by atoms with E-state index in [4.69, 9.17) is 14.6 Å². The van der Waals surface area contributed by atoms with Crippen molar-refractivity contribution in [2.75, 3.05) is 11.9 Å². The fourth-order valence-electron chi connectivity index (χ4n) is 3.26. The van der Waals surface area contributed by atoms with Gasteiger partial charge < -0.3 is 19.9 Å². The summed E-state index contributed by atoms with van der Waals surface area (Å²) >= 11 is 0. The SMILES string of the molecule is CC(=O)Oc1c2c(c3ccccc3c1NCCC(=O)O)OC(C)(C)CC2. The predicted octanol–water partition coefficient (Wildman–Crippen LogP) is 3.76. The zero-order valence-corrected chi connectivity index (χ0v) is 15.2. The number of aliphatic carboxylic acids is 1. The van der Waals surface area contributed by atoms with Gasteiger partial charge in [-0.1, -0.05) is 24.3 Å². The Kier molecular flexibility index (Phi) is 4.76. The van der Waals surface area contributed by atoms with Crippen molar-refractivity contribution in [1.29, 1.82) is 0 Å². The third-order valence-electron chi connectivity index (χ3n) is 4.46. The number of benzene rings is 2. The maximum atomic E-state index is 11.7. The molecule has 0 atom stereocenters. The smallest absolute Gasteiger partial charge is 0.308 e. The number of hydrogen-bond acceptors (Lipinski definition) is 5. The van der Waals surface area contributed by atoms with Crippen molar-refractivity contribution in [3.63, 3.8) is 0 Å². The molecule has 2 N–H and O–H groups in total. The second-order valence-corrected chi connectivity index (χ2v) is 7.08.